The van der Waals surface area contributed by atoms with Crippen molar-refractivity contribution in [2.24, 2.45) is 21.1 Å². The average molecular weight is 1280 g/mol. The van der Waals surface area contributed by atoms with Crippen molar-refractivity contribution in [2.75, 3.05) is 9.80 Å². The molecule has 0 atom stereocenters. The first kappa shape index (κ1) is 59.7. The van der Waals surface area contributed by atoms with Crippen LogP contribution >= 0.6 is 0 Å². The number of oxazole rings is 5. The summed E-state index contributed by atoms with van der Waals surface area (Å²) in [6.07, 6.45) is 29.1. The lowest BCUT2D eigenvalue weighted by Gasteiger charge is -2.26. The summed E-state index contributed by atoms with van der Waals surface area (Å²) in [4.78, 5) is 27.7. The van der Waals surface area contributed by atoms with Gasteiger partial charge in [-0.3, -0.25) is 0 Å². The average Bonchev–Trinajstić information content (AvgIpc) is 1.16. The van der Waals surface area contributed by atoms with Crippen molar-refractivity contribution in [2.45, 2.75) is 13.1 Å². The minimum absolute atomic E-state index is 0.520. The van der Waals surface area contributed by atoms with Crippen LogP contribution in [0.25, 0.3) is 114 Å². The molecule has 0 aliphatic rings. The Balaban J connectivity index is 0.562. The van der Waals surface area contributed by atoms with Crippen molar-refractivity contribution in [3.63, 3.8) is 0 Å². The number of aryl methyl sites for hydroxylation is 5. The van der Waals surface area contributed by atoms with Crippen molar-refractivity contribution < 1.29 is 44.9 Å². The van der Waals surface area contributed by atoms with Gasteiger partial charge in [-0.05, 0) is 133 Å². The van der Waals surface area contributed by atoms with Crippen LogP contribution in [0.1, 0.15) is 0 Å². The van der Waals surface area contributed by atoms with Gasteiger partial charge in [-0.2, -0.15) is 9.13 Å². The van der Waals surface area contributed by atoms with E-state index in [1.807, 2.05) is 187 Å². The molecule has 0 unspecified atom stereocenters. The largest absolute Gasteiger partial charge is 0.436 e. The molecule has 0 aliphatic heterocycles. The van der Waals surface area contributed by atoms with Crippen molar-refractivity contribution in [1.82, 2.24) is 24.9 Å². The van der Waals surface area contributed by atoms with Crippen LogP contribution in [0.4, 0.5) is 34.1 Å². The molecule has 0 bridgehead atoms. The van der Waals surface area contributed by atoms with Crippen LogP contribution in [0.3, 0.4) is 0 Å². The number of hydrogen-bond acceptors (Lipinski definition) is 12. The minimum atomic E-state index is 0.520. The number of aromatic nitrogens is 10. The number of pyridine rings is 5. The van der Waals surface area contributed by atoms with E-state index in [0.29, 0.717) is 52.5 Å². The molecule has 16 rings (SSSR count). The van der Waals surface area contributed by atoms with Gasteiger partial charge in [0.2, 0.25) is 42.5 Å². The standard InChI is InChI=1S/C81H63N12O5/c1-87-39-29-56(30-40-87)72-51-82-77(94-72)61-9-19-67(20-10-61)92(66-7-5-4-6-8-66)68-21-11-62(12-22-68)80-85-54-75(97-80)59-35-45-90(46-36-59)49-50-91-47-37-60(38-48-91)76-55-86-81(98-76)65-17-27-71(28-18-65)93(69-23-13-63(14-24-69)78-83-52-73(95-78)57-31-41-88(2)42-32-57)70-25-15-64(16-26-70)79-84-53-74(96-79)58-33-43-89(3)44-34-58/h4-48,51-55H,49-50H2,1-3H3/q+5. The number of anilines is 6. The van der Waals surface area contributed by atoms with E-state index in [-0.39, 0.29) is 0 Å². The molecule has 0 saturated carbocycles. The number of para-hydroxylation sites is 1. The monoisotopic (exact) mass is 1280 g/mol. The van der Waals surface area contributed by atoms with Gasteiger partial charge in [0.1, 0.15) is 21.1 Å². The van der Waals surface area contributed by atoms with Gasteiger partial charge in [-0.15, -0.1) is 0 Å². The molecule has 0 fully saturated rings. The lowest BCUT2D eigenvalue weighted by molar-refractivity contribution is -0.778. The molecule has 10 aromatic heterocycles. The molecule has 0 aliphatic carbocycles. The van der Waals surface area contributed by atoms with Crippen LogP contribution in [-0.2, 0) is 34.2 Å². The summed E-state index contributed by atoms with van der Waals surface area (Å²) in [5, 5.41) is 0. The predicted octanol–water partition coefficient (Wildman–Crippen LogP) is 16.0. The van der Waals surface area contributed by atoms with Gasteiger partial charge < -0.3 is 31.9 Å². The third kappa shape index (κ3) is 12.7. The summed E-state index contributed by atoms with van der Waals surface area (Å²) in [6.45, 7) is 1.51. The fourth-order valence-corrected chi connectivity index (χ4v) is 11.7. The van der Waals surface area contributed by atoms with Crippen molar-refractivity contribution in [1.29, 1.82) is 0 Å². The highest BCUT2D eigenvalue weighted by atomic mass is 16.4. The fourth-order valence-electron chi connectivity index (χ4n) is 11.7. The normalized spacial score (nSPS) is 11.3. The number of rotatable bonds is 19. The van der Waals surface area contributed by atoms with Gasteiger partial charge in [0, 0.05) is 150 Å². The number of benzene rings is 6. The Labute approximate surface area is 564 Å². The van der Waals surface area contributed by atoms with E-state index in [4.69, 9.17) is 32.1 Å². The summed E-state index contributed by atoms with van der Waals surface area (Å²) >= 11 is 0. The van der Waals surface area contributed by atoms with E-state index in [1.165, 1.54) is 0 Å². The molecular formula is C81H63N12O5+5. The first-order valence-electron chi connectivity index (χ1n) is 32.0. The Morgan fingerprint density at radius 3 is 0.663 bits per heavy atom. The van der Waals surface area contributed by atoms with E-state index in [0.717, 1.165) is 109 Å². The van der Waals surface area contributed by atoms with Crippen molar-refractivity contribution in [3.05, 3.63) is 305 Å². The van der Waals surface area contributed by atoms with Crippen molar-refractivity contribution in [3.8, 4) is 114 Å². The molecule has 0 amide bonds. The van der Waals surface area contributed by atoms with Gasteiger partial charge in [0.25, 0.3) is 0 Å². The van der Waals surface area contributed by atoms with Crippen molar-refractivity contribution >= 4 is 34.1 Å². The van der Waals surface area contributed by atoms with Crippen LogP contribution in [0, 0.1) is 0 Å². The maximum absolute atomic E-state index is 6.43. The first-order valence-corrected chi connectivity index (χ1v) is 32.0. The second-order valence-corrected chi connectivity index (χ2v) is 23.8. The third-order valence-electron chi connectivity index (χ3n) is 17.2. The third-order valence-corrected chi connectivity index (χ3v) is 17.2. The van der Waals surface area contributed by atoms with Gasteiger partial charge in [-0.1, -0.05) is 18.2 Å². The number of nitrogens with zero attached hydrogens (tertiary/aromatic N) is 12. The van der Waals surface area contributed by atoms with Gasteiger partial charge in [0.15, 0.2) is 90.8 Å². The van der Waals surface area contributed by atoms with E-state index in [9.17, 15) is 0 Å². The van der Waals surface area contributed by atoms with Gasteiger partial charge in [0.05, 0.1) is 31.0 Å². The molecule has 16 aromatic rings. The maximum Gasteiger partial charge on any atom is 0.226 e. The number of hydrogen-bond donors (Lipinski definition) is 0. The second kappa shape index (κ2) is 26.3. The zero-order valence-electron chi connectivity index (χ0n) is 53.7. The fraction of sp³-hybridized carbons (Fsp3) is 0.0617. The summed E-state index contributed by atoms with van der Waals surface area (Å²) in [5.74, 6) is 6.19. The van der Waals surface area contributed by atoms with Crippen LogP contribution in [0.15, 0.2) is 327 Å². The molecule has 0 N–H and O–H groups in total. The molecule has 17 nitrogen and oxygen atoms in total. The molecule has 98 heavy (non-hydrogen) atoms. The first-order chi connectivity index (χ1) is 48.2. The molecule has 17 heteroatoms. The van der Waals surface area contributed by atoms with E-state index < -0.39 is 0 Å². The Kier molecular flexibility index (Phi) is 16.0. The van der Waals surface area contributed by atoms with E-state index >= 15 is 0 Å². The molecular weight excluding hydrogens is 1220 g/mol. The van der Waals surface area contributed by atoms with Gasteiger partial charge >= 0.3 is 0 Å². The highest BCUT2D eigenvalue weighted by Gasteiger charge is 2.21. The Hall–Kier alpha value is -13.3. The van der Waals surface area contributed by atoms with Crippen LogP contribution in [-0.4, -0.2) is 24.9 Å². The van der Waals surface area contributed by atoms with E-state index in [2.05, 4.69) is 156 Å². The molecule has 0 saturated heterocycles. The zero-order chi connectivity index (χ0) is 65.9. The zero-order valence-corrected chi connectivity index (χ0v) is 53.7. The summed E-state index contributed by atoms with van der Waals surface area (Å²) < 4.78 is 41.8. The second-order valence-electron chi connectivity index (χ2n) is 23.8. The smallest absolute Gasteiger partial charge is 0.226 e. The Morgan fingerprint density at radius 2 is 0.439 bits per heavy atom. The molecule has 472 valence electrons. The lowest BCUT2D eigenvalue weighted by Crippen LogP contribution is -2.43. The Bertz CT molecular complexity index is 5240. The molecule has 6 aromatic carbocycles. The van der Waals surface area contributed by atoms with Crippen LogP contribution in [0.2, 0.25) is 0 Å². The quantitative estimate of drug-likeness (QED) is 0.0707. The SMILES string of the molecule is C[n+]1ccc(-c2cnc(-c3ccc(N(c4ccccc4)c4ccc(-c5ncc(-c6cc[n+](CC[n+]7ccc(-c8cnc(-c9ccc(N(c%10ccc(-c%11ncc(-c%12cc[n+](C)cc%12)o%11)cc%10)c%10ccc(-c%11ncc(-c%12cc[n+](C)cc%12)o%11)cc%10)cc9)o8)cc7)cc6)o5)cc4)cc3)o2)cc1. The predicted molar refractivity (Wildman–Crippen MR) is 371 cm³/mol. The molecule has 0 radical (unpaired) electrons. The molecule has 0 spiro atoms. The summed E-state index contributed by atoms with van der Waals surface area (Å²) in [7, 11) is 5.96. The summed E-state index contributed by atoms with van der Waals surface area (Å²) in [6, 6.07) is 71.8. The lowest BCUT2D eigenvalue weighted by atomic mass is 10.1. The summed E-state index contributed by atoms with van der Waals surface area (Å²) in [5.41, 5.74) is 14.9. The van der Waals surface area contributed by atoms with Gasteiger partial charge in [-0.25, -0.2) is 38.6 Å². The topological polar surface area (TPSA) is 156 Å². The van der Waals surface area contributed by atoms with Crippen LogP contribution < -0.4 is 32.6 Å². The van der Waals surface area contributed by atoms with E-state index in [1.54, 1.807) is 31.0 Å². The maximum atomic E-state index is 6.43. The van der Waals surface area contributed by atoms with Crippen LogP contribution in [0.5, 0.6) is 0 Å². The Morgan fingerprint density at radius 1 is 0.235 bits per heavy atom. The highest BCUT2D eigenvalue weighted by Crippen LogP contribution is 2.41. The highest BCUT2D eigenvalue weighted by molar-refractivity contribution is 5.81. The molecule has 10 heterocycles. The minimum Gasteiger partial charge on any atom is -0.436 e.